The van der Waals surface area contributed by atoms with E-state index in [1.54, 1.807) is 12.1 Å². The van der Waals surface area contributed by atoms with Crippen LogP contribution in [0.4, 0.5) is 5.69 Å². The van der Waals surface area contributed by atoms with Crippen LogP contribution in [0.1, 0.15) is 23.5 Å². The normalized spacial score (nSPS) is 18.5. The van der Waals surface area contributed by atoms with E-state index in [0.717, 1.165) is 18.2 Å². The minimum Gasteiger partial charge on any atom is -0.399 e. The third-order valence-corrected chi connectivity index (χ3v) is 5.49. The summed E-state index contributed by atoms with van der Waals surface area (Å²) in [5.41, 5.74) is 8.33. The molecule has 2 unspecified atom stereocenters. The van der Waals surface area contributed by atoms with Crippen molar-refractivity contribution in [1.82, 2.24) is 5.32 Å². The van der Waals surface area contributed by atoms with Crippen molar-refractivity contribution in [3.8, 4) is 0 Å². The fraction of sp³-hybridized carbons (Fsp3) is 0.235. The first-order valence-corrected chi connectivity index (χ1v) is 8.87. The maximum atomic E-state index is 11.7. The van der Waals surface area contributed by atoms with E-state index in [0.29, 0.717) is 12.1 Å². The number of carbonyl (C=O) groups excluding carboxylic acids is 1. The molecule has 24 heavy (non-hydrogen) atoms. The van der Waals surface area contributed by atoms with Gasteiger partial charge in [-0.2, -0.15) is 8.42 Å². The molecule has 0 spiro atoms. The number of hydrogen-bond acceptors (Lipinski definition) is 5. The van der Waals surface area contributed by atoms with E-state index in [4.69, 9.17) is 5.73 Å². The lowest BCUT2D eigenvalue weighted by atomic mass is 9.80. The minimum absolute atomic E-state index is 0.0130. The summed E-state index contributed by atoms with van der Waals surface area (Å²) in [6.45, 7) is 0. The third kappa shape index (κ3) is 3.13. The van der Waals surface area contributed by atoms with Crippen LogP contribution in [0, 0.1) is 0 Å². The molecule has 126 valence electrons. The number of nitrogens with two attached hydrogens (primary N) is 1. The zero-order valence-corrected chi connectivity index (χ0v) is 13.9. The van der Waals surface area contributed by atoms with Gasteiger partial charge in [0.15, 0.2) is 0 Å². The van der Waals surface area contributed by atoms with Crippen molar-refractivity contribution in [1.29, 1.82) is 0 Å². The van der Waals surface area contributed by atoms with Gasteiger partial charge in [0.25, 0.3) is 10.1 Å². The van der Waals surface area contributed by atoms with Crippen LogP contribution in [0.2, 0.25) is 0 Å². The van der Waals surface area contributed by atoms with Gasteiger partial charge in [-0.3, -0.25) is 8.98 Å². The summed E-state index contributed by atoms with van der Waals surface area (Å²) in [4.78, 5) is 11.4. The standard InChI is InChI=1S/C17H18N2O4S/c1-23-24(21,22)14-8-4-12(5-9-14)17(15-10-16(20)19-15)11-2-6-13(18)7-3-11/h2-9,15,17H,10,18H2,1H3,(H,19,20). The fourth-order valence-electron chi connectivity index (χ4n) is 2.89. The first-order chi connectivity index (χ1) is 11.4. The number of β-lactam (4-membered cyclic amide) rings is 1. The molecule has 7 heteroatoms. The molecule has 2 aromatic rings. The Morgan fingerprint density at radius 1 is 1.08 bits per heavy atom. The lowest BCUT2D eigenvalue weighted by molar-refractivity contribution is -0.128. The molecule has 0 saturated carbocycles. The molecule has 1 fully saturated rings. The fourth-order valence-corrected chi connectivity index (χ4v) is 3.55. The SMILES string of the molecule is COS(=O)(=O)c1ccc(C(c2ccc(N)cc2)C2CC(=O)N2)cc1. The Morgan fingerprint density at radius 3 is 2.04 bits per heavy atom. The second-order valence-electron chi connectivity index (χ2n) is 5.71. The number of benzene rings is 2. The van der Waals surface area contributed by atoms with E-state index in [1.165, 1.54) is 12.1 Å². The molecule has 0 radical (unpaired) electrons. The number of anilines is 1. The van der Waals surface area contributed by atoms with E-state index >= 15 is 0 Å². The van der Waals surface area contributed by atoms with Crippen molar-refractivity contribution in [3.05, 3.63) is 59.7 Å². The molecule has 1 aliphatic heterocycles. The van der Waals surface area contributed by atoms with E-state index in [9.17, 15) is 13.2 Å². The van der Waals surface area contributed by atoms with Crippen LogP contribution in [0.15, 0.2) is 53.4 Å². The molecule has 6 nitrogen and oxygen atoms in total. The van der Waals surface area contributed by atoms with Crippen molar-refractivity contribution in [2.75, 3.05) is 12.8 Å². The lowest BCUT2D eigenvalue weighted by Crippen LogP contribution is -2.52. The first-order valence-electron chi connectivity index (χ1n) is 7.46. The maximum absolute atomic E-state index is 11.7. The first kappa shape index (κ1) is 16.5. The van der Waals surface area contributed by atoms with Gasteiger partial charge < -0.3 is 11.1 Å². The summed E-state index contributed by atoms with van der Waals surface area (Å²) in [6.07, 6.45) is 0.438. The summed E-state index contributed by atoms with van der Waals surface area (Å²) in [5, 5.41) is 2.90. The van der Waals surface area contributed by atoms with Crippen LogP contribution in [-0.4, -0.2) is 27.5 Å². The average molecular weight is 346 g/mol. The zero-order valence-electron chi connectivity index (χ0n) is 13.1. The number of rotatable bonds is 5. The van der Waals surface area contributed by atoms with Gasteiger partial charge in [-0.15, -0.1) is 0 Å². The number of nitrogen functional groups attached to an aromatic ring is 1. The predicted molar refractivity (Wildman–Crippen MR) is 89.9 cm³/mol. The molecule has 1 heterocycles. The molecule has 0 bridgehead atoms. The molecule has 3 rings (SSSR count). The monoisotopic (exact) mass is 346 g/mol. The van der Waals surface area contributed by atoms with Crippen LogP contribution in [-0.2, 0) is 19.1 Å². The largest absolute Gasteiger partial charge is 0.399 e. The highest BCUT2D eigenvalue weighted by molar-refractivity contribution is 7.86. The Morgan fingerprint density at radius 2 is 1.58 bits per heavy atom. The Kier molecular flexibility index (Phi) is 4.29. The molecule has 2 aromatic carbocycles. The summed E-state index contributed by atoms with van der Waals surface area (Å²) in [7, 11) is -2.59. The Bertz CT molecular complexity index is 837. The van der Waals surface area contributed by atoms with Crippen LogP contribution < -0.4 is 11.1 Å². The zero-order chi connectivity index (χ0) is 17.3. The second-order valence-corrected chi connectivity index (χ2v) is 7.43. The molecular weight excluding hydrogens is 328 g/mol. The molecule has 1 saturated heterocycles. The molecule has 2 atom stereocenters. The third-order valence-electron chi connectivity index (χ3n) is 4.20. The van der Waals surface area contributed by atoms with Gasteiger partial charge in [0, 0.05) is 24.1 Å². The molecule has 1 aliphatic rings. The van der Waals surface area contributed by atoms with Gasteiger partial charge >= 0.3 is 0 Å². The van der Waals surface area contributed by atoms with Crippen molar-refractivity contribution in [2.45, 2.75) is 23.3 Å². The van der Waals surface area contributed by atoms with Crippen LogP contribution in [0.25, 0.3) is 0 Å². The summed E-state index contributed by atoms with van der Waals surface area (Å²) in [6, 6.07) is 14.0. The van der Waals surface area contributed by atoms with Crippen molar-refractivity contribution < 1.29 is 17.4 Å². The quantitative estimate of drug-likeness (QED) is 0.487. The van der Waals surface area contributed by atoms with Gasteiger partial charge in [0.1, 0.15) is 0 Å². The van der Waals surface area contributed by atoms with E-state index in [2.05, 4.69) is 9.50 Å². The summed E-state index contributed by atoms with van der Waals surface area (Å²) < 4.78 is 28.0. The van der Waals surface area contributed by atoms with Gasteiger partial charge in [-0.1, -0.05) is 24.3 Å². The molecule has 3 N–H and O–H groups in total. The van der Waals surface area contributed by atoms with Gasteiger partial charge in [0.2, 0.25) is 5.91 Å². The predicted octanol–water partition coefficient (Wildman–Crippen LogP) is 1.62. The van der Waals surface area contributed by atoms with Crippen molar-refractivity contribution in [3.63, 3.8) is 0 Å². The molecule has 0 aromatic heterocycles. The molecular formula is C17H18N2O4S. The highest BCUT2D eigenvalue weighted by atomic mass is 32.2. The summed E-state index contributed by atoms with van der Waals surface area (Å²) in [5.74, 6) is -0.0541. The maximum Gasteiger partial charge on any atom is 0.296 e. The topological polar surface area (TPSA) is 98.5 Å². The lowest BCUT2D eigenvalue weighted by Gasteiger charge is -2.35. The van der Waals surface area contributed by atoms with Gasteiger partial charge in [0.05, 0.1) is 12.0 Å². The molecule has 1 amide bonds. The van der Waals surface area contributed by atoms with Crippen molar-refractivity contribution in [2.24, 2.45) is 0 Å². The van der Waals surface area contributed by atoms with Crippen LogP contribution in [0.3, 0.4) is 0 Å². The van der Waals surface area contributed by atoms with E-state index in [-0.39, 0.29) is 22.8 Å². The highest BCUT2D eigenvalue weighted by Crippen LogP contribution is 2.33. The number of nitrogens with one attached hydrogen (secondary N) is 1. The Balaban J connectivity index is 1.96. The number of amides is 1. The Labute approximate surface area is 140 Å². The highest BCUT2D eigenvalue weighted by Gasteiger charge is 2.34. The van der Waals surface area contributed by atoms with Crippen LogP contribution in [0.5, 0.6) is 0 Å². The minimum atomic E-state index is -3.72. The molecule has 0 aliphatic carbocycles. The van der Waals surface area contributed by atoms with E-state index in [1.807, 2.05) is 24.3 Å². The second kappa shape index (κ2) is 6.26. The van der Waals surface area contributed by atoms with Gasteiger partial charge in [-0.05, 0) is 35.4 Å². The smallest absolute Gasteiger partial charge is 0.296 e. The van der Waals surface area contributed by atoms with Crippen molar-refractivity contribution >= 4 is 21.7 Å². The van der Waals surface area contributed by atoms with Crippen LogP contribution >= 0.6 is 0 Å². The Hall–Kier alpha value is -2.38. The van der Waals surface area contributed by atoms with Gasteiger partial charge in [-0.25, -0.2) is 0 Å². The number of hydrogen-bond donors (Lipinski definition) is 2. The number of carbonyl (C=O) groups is 1. The average Bonchev–Trinajstić information content (AvgIpc) is 2.55. The van der Waals surface area contributed by atoms with E-state index < -0.39 is 10.1 Å². The summed E-state index contributed by atoms with van der Waals surface area (Å²) >= 11 is 0.